The molecule has 0 aromatic heterocycles. The fraction of sp³-hybridized carbons (Fsp3) is 0.583. The molecule has 24 heavy (non-hydrogen) atoms. The van der Waals surface area contributed by atoms with Gasteiger partial charge in [-0.25, -0.2) is 0 Å². The van der Waals surface area contributed by atoms with Crippen molar-refractivity contribution in [3.05, 3.63) is 6.04 Å². The normalized spacial score (nSPS) is 10.4. The molecule has 0 saturated heterocycles. The van der Waals surface area contributed by atoms with E-state index in [1.54, 1.807) is 0 Å². The molecule has 0 fully saturated rings. The van der Waals surface area contributed by atoms with E-state index in [4.69, 9.17) is 26.2 Å². The van der Waals surface area contributed by atoms with E-state index in [9.17, 15) is 19.2 Å². The minimum atomic E-state index is -1.86. The van der Waals surface area contributed by atoms with Crippen LogP contribution in [0.3, 0.4) is 0 Å². The standard InChI is InChI=1S/C12H19N2O8.2Na.2H/c13-1-2-14-7(3-8(15)16)12(4-9(17)18,5-10(19)20)6-11(21)22;;;;/h14H,1-6,13H2,(H,15,16)(H,17,18)(H,19,20)(H,21,22);;;;. The average molecular weight is 367 g/mol. The van der Waals surface area contributed by atoms with E-state index in [2.05, 4.69) is 5.32 Å². The molecule has 129 valence electrons. The average Bonchev–Trinajstić information content (AvgIpc) is 2.30. The van der Waals surface area contributed by atoms with Gasteiger partial charge in [-0.1, -0.05) is 0 Å². The van der Waals surface area contributed by atoms with Crippen molar-refractivity contribution in [2.45, 2.75) is 25.7 Å². The van der Waals surface area contributed by atoms with Crippen LogP contribution in [0.5, 0.6) is 0 Å². The Hall–Kier alpha value is -0.200. The number of nitrogens with two attached hydrogens (primary N) is 1. The van der Waals surface area contributed by atoms with Crippen molar-refractivity contribution in [1.82, 2.24) is 5.32 Å². The molecule has 0 aromatic carbocycles. The third-order valence-corrected chi connectivity index (χ3v) is 2.92. The van der Waals surface area contributed by atoms with Crippen molar-refractivity contribution in [3.8, 4) is 0 Å². The Morgan fingerprint density at radius 1 is 0.792 bits per heavy atom. The van der Waals surface area contributed by atoms with Crippen LogP contribution < -0.4 is 11.1 Å². The zero-order valence-corrected chi connectivity index (χ0v) is 11.7. The van der Waals surface area contributed by atoms with Crippen LogP contribution in [0.15, 0.2) is 0 Å². The van der Waals surface area contributed by atoms with Gasteiger partial charge in [0.15, 0.2) is 0 Å². The summed E-state index contributed by atoms with van der Waals surface area (Å²) in [6, 6.07) is -0.169. The van der Waals surface area contributed by atoms with E-state index in [0.29, 0.717) is 0 Å². The fourth-order valence-electron chi connectivity index (χ4n) is 2.19. The van der Waals surface area contributed by atoms with Gasteiger partial charge in [-0.05, 0) is 0 Å². The van der Waals surface area contributed by atoms with E-state index < -0.39 is 55.0 Å². The summed E-state index contributed by atoms with van der Waals surface area (Å²) in [5.74, 6) is -5.63. The number of carboxylic acid groups (broad SMARTS) is 4. The van der Waals surface area contributed by atoms with Crippen LogP contribution in [0.25, 0.3) is 0 Å². The van der Waals surface area contributed by atoms with Crippen LogP contribution in [0.4, 0.5) is 0 Å². The number of carbonyl (C=O) groups is 4. The summed E-state index contributed by atoms with van der Waals surface area (Å²) >= 11 is 0. The van der Waals surface area contributed by atoms with Crippen LogP contribution in [-0.4, -0.2) is 117 Å². The number of aliphatic carboxylic acids is 4. The number of hydrogen-bond donors (Lipinski definition) is 6. The van der Waals surface area contributed by atoms with Gasteiger partial charge in [0.05, 0.1) is 31.7 Å². The molecule has 0 aromatic rings. The third-order valence-electron chi connectivity index (χ3n) is 2.92. The number of nitrogens with one attached hydrogen (secondary N) is 1. The molecule has 7 N–H and O–H groups in total. The summed E-state index contributed by atoms with van der Waals surface area (Å²) in [5.41, 5.74) is 3.42. The minimum absolute atomic E-state index is 0. The number of carboxylic acids is 4. The van der Waals surface area contributed by atoms with Crippen molar-refractivity contribution in [1.29, 1.82) is 0 Å². The zero-order chi connectivity index (χ0) is 17.3. The van der Waals surface area contributed by atoms with E-state index in [1.807, 2.05) is 0 Å². The van der Waals surface area contributed by atoms with Crippen molar-refractivity contribution in [2.75, 3.05) is 13.1 Å². The molecule has 10 nitrogen and oxygen atoms in total. The molecule has 12 heteroatoms. The molecular weight excluding hydrogens is 346 g/mol. The third kappa shape index (κ3) is 11.4. The van der Waals surface area contributed by atoms with Gasteiger partial charge in [-0.2, -0.15) is 0 Å². The molecule has 0 atom stereocenters. The second kappa shape index (κ2) is 14.0. The summed E-state index contributed by atoms with van der Waals surface area (Å²) in [6.45, 7) is 0.135. The number of hydrogen-bond acceptors (Lipinski definition) is 6. The molecule has 0 saturated carbocycles. The molecular formula is C12H21N2Na2O8. The first-order chi connectivity index (χ1) is 10.1. The van der Waals surface area contributed by atoms with E-state index >= 15 is 0 Å². The van der Waals surface area contributed by atoms with Gasteiger partial charge in [-0.3, -0.25) is 19.2 Å². The van der Waals surface area contributed by atoms with Gasteiger partial charge in [0.2, 0.25) is 0 Å². The summed E-state index contributed by atoms with van der Waals surface area (Å²) in [5, 5.41) is 38.4. The molecule has 0 unspecified atom stereocenters. The van der Waals surface area contributed by atoms with Crippen molar-refractivity contribution < 1.29 is 39.6 Å². The zero-order valence-electron chi connectivity index (χ0n) is 11.7. The van der Waals surface area contributed by atoms with Crippen LogP contribution in [0, 0.1) is 11.5 Å². The molecule has 1 radical (unpaired) electrons. The van der Waals surface area contributed by atoms with Crippen molar-refractivity contribution in [2.24, 2.45) is 11.1 Å². The molecule has 0 spiro atoms. The summed E-state index contributed by atoms with van der Waals surface area (Å²) in [7, 11) is 0. The van der Waals surface area contributed by atoms with E-state index in [0.717, 1.165) is 0 Å². The Bertz CT molecular complexity index is 406. The molecule has 0 aliphatic heterocycles. The quantitative estimate of drug-likeness (QED) is 0.204. The van der Waals surface area contributed by atoms with Crippen molar-refractivity contribution in [3.63, 3.8) is 0 Å². The molecule has 0 amide bonds. The predicted molar refractivity (Wildman–Crippen MR) is 86.0 cm³/mol. The first-order valence-corrected chi connectivity index (χ1v) is 6.30. The summed E-state index contributed by atoms with van der Waals surface area (Å²) < 4.78 is 0. The van der Waals surface area contributed by atoms with Gasteiger partial charge in [0.1, 0.15) is 0 Å². The fourth-order valence-corrected chi connectivity index (χ4v) is 2.19. The Kier molecular flexibility index (Phi) is 16.7. The van der Waals surface area contributed by atoms with Gasteiger partial charge < -0.3 is 31.5 Å². The van der Waals surface area contributed by atoms with Gasteiger partial charge in [-0.15, -0.1) is 0 Å². The number of rotatable bonds is 12. The van der Waals surface area contributed by atoms with Crippen LogP contribution in [0.2, 0.25) is 0 Å². The van der Waals surface area contributed by atoms with Crippen LogP contribution in [0.1, 0.15) is 25.7 Å². The van der Waals surface area contributed by atoms with Crippen LogP contribution in [-0.2, 0) is 19.2 Å². The maximum atomic E-state index is 11.0. The molecule has 0 heterocycles. The van der Waals surface area contributed by atoms with Crippen LogP contribution >= 0.6 is 0 Å². The molecule has 0 bridgehead atoms. The first kappa shape index (κ1) is 28.6. The topological polar surface area (TPSA) is 187 Å². The van der Waals surface area contributed by atoms with Crippen molar-refractivity contribution >= 4 is 83.0 Å². The van der Waals surface area contributed by atoms with E-state index in [-0.39, 0.29) is 78.2 Å². The monoisotopic (exact) mass is 367 g/mol. The maximum absolute atomic E-state index is 11.0. The van der Waals surface area contributed by atoms with Gasteiger partial charge in [0, 0.05) is 18.5 Å². The van der Waals surface area contributed by atoms with Gasteiger partial charge >= 0.3 is 83.0 Å². The SMILES string of the molecule is NCCN[C](CC(=O)O)C(CC(=O)O)(CC(=O)O)CC(=O)O.[NaH].[NaH]. The molecule has 0 aliphatic rings. The Morgan fingerprint density at radius 3 is 1.42 bits per heavy atom. The summed E-state index contributed by atoms with van der Waals surface area (Å²) in [4.78, 5) is 44.1. The molecule has 0 rings (SSSR count). The Balaban J connectivity index is -0.00000220. The Labute approximate surface area is 182 Å². The first-order valence-electron chi connectivity index (χ1n) is 6.30. The predicted octanol–water partition coefficient (Wildman–Crippen LogP) is -2.35. The summed E-state index contributed by atoms with van der Waals surface area (Å²) in [6.07, 6.45) is -3.18. The Morgan fingerprint density at radius 2 is 1.17 bits per heavy atom. The second-order valence-corrected chi connectivity index (χ2v) is 4.76. The molecule has 0 aliphatic carbocycles. The van der Waals surface area contributed by atoms with E-state index in [1.165, 1.54) is 0 Å². The second-order valence-electron chi connectivity index (χ2n) is 4.76. The van der Waals surface area contributed by atoms with Gasteiger partial charge in [0.25, 0.3) is 0 Å².